The zero-order chi connectivity index (χ0) is 21.3. The van der Waals surface area contributed by atoms with Crippen LogP contribution in [0, 0.1) is 12.7 Å². The molecule has 9 heteroatoms. The maximum Gasteiger partial charge on any atom is 0.422 e. The van der Waals surface area contributed by atoms with Gasteiger partial charge in [0, 0.05) is 11.1 Å². The quantitative estimate of drug-likeness (QED) is 0.627. The van der Waals surface area contributed by atoms with Gasteiger partial charge in [-0.1, -0.05) is 12.1 Å². The van der Waals surface area contributed by atoms with Crippen molar-refractivity contribution in [3.8, 4) is 11.1 Å². The third-order valence-electron chi connectivity index (χ3n) is 4.08. The molecule has 154 valence electrons. The summed E-state index contributed by atoms with van der Waals surface area (Å²) in [4.78, 5) is 30.3. The second kappa shape index (κ2) is 7.92. The van der Waals surface area contributed by atoms with Crippen molar-refractivity contribution in [2.45, 2.75) is 46.3 Å². The van der Waals surface area contributed by atoms with Crippen molar-refractivity contribution < 1.29 is 13.9 Å². The topological polar surface area (TPSA) is 84.7 Å². The van der Waals surface area contributed by atoms with Gasteiger partial charge in [-0.15, -0.1) is 11.3 Å². The molecule has 3 rings (SSSR count). The summed E-state index contributed by atoms with van der Waals surface area (Å²) in [6, 6.07) is 5.27. The Hall–Kier alpha value is -2.78. The molecule has 2 aromatic heterocycles. The van der Waals surface area contributed by atoms with Gasteiger partial charge in [0.05, 0.1) is 17.3 Å². The standard InChI is InChI=1S/C20H23FN4O3S/c1-11-10-29-18-22-16(12(2)23-24-19(27)28-20(3,4)5)15(17(26)25(11)18)13-7-6-8-14(21)9-13/h6-10,12,23H,1-5H3,(H,24,27). The summed E-state index contributed by atoms with van der Waals surface area (Å²) in [6.07, 6.45) is -0.651. The molecule has 1 amide bonds. The number of aromatic nitrogens is 2. The van der Waals surface area contributed by atoms with Crippen molar-refractivity contribution in [3.05, 3.63) is 57.2 Å². The van der Waals surface area contributed by atoms with Crippen molar-refractivity contribution in [2.24, 2.45) is 0 Å². The number of fused-ring (bicyclic) bond motifs is 1. The van der Waals surface area contributed by atoms with Crippen molar-refractivity contribution >= 4 is 22.4 Å². The summed E-state index contributed by atoms with van der Waals surface area (Å²) in [5.41, 5.74) is 6.20. The van der Waals surface area contributed by atoms with E-state index in [0.29, 0.717) is 16.2 Å². The fraction of sp³-hybridized carbons (Fsp3) is 0.350. The highest BCUT2D eigenvalue weighted by Crippen LogP contribution is 2.26. The van der Waals surface area contributed by atoms with E-state index in [1.807, 2.05) is 12.3 Å². The Morgan fingerprint density at radius 1 is 1.34 bits per heavy atom. The number of benzene rings is 1. The Morgan fingerprint density at radius 3 is 2.72 bits per heavy atom. The zero-order valence-corrected chi connectivity index (χ0v) is 17.7. The van der Waals surface area contributed by atoms with Crippen LogP contribution in [0.5, 0.6) is 0 Å². The lowest BCUT2D eigenvalue weighted by molar-refractivity contribution is 0.0489. The van der Waals surface area contributed by atoms with Gasteiger partial charge in [0.15, 0.2) is 4.96 Å². The van der Waals surface area contributed by atoms with Gasteiger partial charge in [-0.05, 0) is 52.3 Å². The summed E-state index contributed by atoms with van der Waals surface area (Å²) < 4.78 is 20.6. The van der Waals surface area contributed by atoms with E-state index in [4.69, 9.17) is 4.74 Å². The molecule has 0 radical (unpaired) electrons. The fourth-order valence-corrected chi connectivity index (χ4v) is 3.73. The highest BCUT2D eigenvalue weighted by Gasteiger charge is 2.23. The number of hydrogen-bond acceptors (Lipinski definition) is 6. The highest BCUT2D eigenvalue weighted by atomic mass is 32.1. The van der Waals surface area contributed by atoms with Crippen LogP contribution in [0.25, 0.3) is 16.1 Å². The number of rotatable bonds is 4. The number of carbonyl (C=O) groups is 1. The Morgan fingerprint density at radius 2 is 2.07 bits per heavy atom. The number of halogens is 1. The first-order chi connectivity index (χ1) is 13.6. The molecule has 7 nitrogen and oxygen atoms in total. The fourth-order valence-electron chi connectivity index (χ4n) is 2.87. The number of amides is 1. The number of aryl methyl sites for hydroxylation is 1. The van der Waals surface area contributed by atoms with Crippen LogP contribution in [0.15, 0.2) is 34.4 Å². The average molecular weight is 418 g/mol. The minimum atomic E-state index is -0.651. The molecule has 2 N–H and O–H groups in total. The van der Waals surface area contributed by atoms with E-state index in [2.05, 4.69) is 15.8 Å². The van der Waals surface area contributed by atoms with Gasteiger partial charge in [-0.25, -0.2) is 19.6 Å². The molecule has 29 heavy (non-hydrogen) atoms. The second-order valence-corrected chi connectivity index (χ2v) is 8.51. The molecule has 0 aliphatic heterocycles. The summed E-state index contributed by atoms with van der Waals surface area (Å²) >= 11 is 1.34. The predicted molar refractivity (Wildman–Crippen MR) is 110 cm³/mol. The van der Waals surface area contributed by atoms with E-state index in [1.54, 1.807) is 39.8 Å². The summed E-state index contributed by atoms with van der Waals surface area (Å²) in [7, 11) is 0. The first kappa shape index (κ1) is 20.9. The Kier molecular flexibility index (Phi) is 5.72. The van der Waals surface area contributed by atoms with Gasteiger partial charge in [0.25, 0.3) is 5.56 Å². The third-order valence-corrected chi connectivity index (χ3v) is 5.02. The molecule has 0 aliphatic rings. The highest BCUT2D eigenvalue weighted by molar-refractivity contribution is 7.15. The number of thiazole rings is 1. The molecule has 0 aliphatic carbocycles. The van der Waals surface area contributed by atoms with Gasteiger partial charge in [0.2, 0.25) is 0 Å². The minimum Gasteiger partial charge on any atom is -0.443 e. The lowest BCUT2D eigenvalue weighted by atomic mass is 10.0. The molecule has 2 heterocycles. The first-order valence-corrected chi connectivity index (χ1v) is 9.96. The molecule has 0 saturated heterocycles. The smallest absolute Gasteiger partial charge is 0.422 e. The van der Waals surface area contributed by atoms with Crippen LogP contribution in [-0.2, 0) is 4.74 Å². The Labute approximate surface area is 171 Å². The maximum absolute atomic E-state index is 13.8. The van der Waals surface area contributed by atoms with Gasteiger partial charge in [-0.2, -0.15) is 0 Å². The molecular weight excluding hydrogens is 395 g/mol. The van der Waals surface area contributed by atoms with E-state index in [1.165, 1.54) is 27.9 Å². The van der Waals surface area contributed by atoms with Crippen molar-refractivity contribution in [1.29, 1.82) is 0 Å². The lowest BCUT2D eigenvalue weighted by Gasteiger charge is -2.22. The summed E-state index contributed by atoms with van der Waals surface area (Å²) in [5, 5.41) is 1.83. The van der Waals surface area contributed by atoms with Crippen LogP contribution in [0.2, 0.25) is 0 Å². The maximum atomic E-state index is 13.8. The molecule has 3 aromatic rings. The van der Waals surface area contributed by atoms with E-state index in [0.717, 1.165) is 5.69 Å². The number of nitrogens with zero attached hydrogens (tertiary/aromatic N) is 2. The van der Waals surface area contributed by atoms with Crippen LogP contribution in [-0.4, -0.2) is 21.1 Å². The van der Waals surface area contributed by atoms with E-state index < -0.39 is 23.6 Å². The molecule has 1 unspecified atom stereocenters. The van der Waals surface area contributed by atoms with E-state index >= 15 is 0 Å². The van der Waals surface area contributed by atoms with E-state index in [9.17, 15) is 14.0 Å². The average Bonchev–Trinajstić information content (AvgIpc) is 2.99. The molecule has 1 atom stereocenters. The lowest BCUT2D eigenvalue weighted by Crippen LogP contribution is -2.43. The Bertz CT molecular complexity index is 1120. The van der Waals surface area contributed by atoms with Gasteiger partial charge in [-0.3, -0.25) is 14.6 Å². The van der Waals surface area contributed by atoms with Crippen molar-refractivity contribution in [1.82, 2.24) is 20.2 Å². The minimum absolute atomic E-state index is 0.273. The second-order valence-electron chi connectivity index (χ2n) is 7.68. The molecular formula is C20H23FN4O3S. The molecule has 0 bridgehead atoms. The van der Waals surface area contributed by atoms with Gasteiger partial charge >= 0.3 is 6.09 Å². The largest absolute Gasteiger partial charge is 0.443 e. The number of carbonyl (C=O) groups excluding carboxylic acids is 1. The predicted octanol–water partition coefficient (Wildman–Crippen LogP) is 3.96. The monoisotopic (exact) mass is 418 g/mol. The van der Waals surface area contributed by atoms with Gasteiger partial charge < -0.3 is 4.74 Å². The summed E-state index contributed by atoms with van der Waals surface area (Å²) in [5.74, 6) is -0.451. The normalized spacial score (nSPS) is 12.8. The molecule has 0 fully saturated rings. The van der Waals surface area contributed by atoms with Crippen LogP contribution in [0.4, 0.5) is 9.18 Å². The van der Waals surface area contributed by atoms with Crippen LogP contribution in [0.1, 0.15) is 45.1 Å². The molecule has 0 spiro atoms. The van der Waals surface area contributed by atoms with Gasteiger partial charge in [0.1, 0.15) is 11.4 Å². The van der Waals surface area contributed by atoms with Crippen molar-refractivity contribution in [2.75, 3.05) is 0 Å². The number of nitrogens with one attached hydrogen (secondary N) is 2. The number of hydrazine groups is 1. The van der Waals surface area contributed by atoms with Crippen LogP contribution >= 0.6 is 11.3 Å². The van der Waals surface area contributed by atoms with E-state index in [-0.39, 0.29) is 11.1 Å². The molecule has 0 saturated carbocycles. The van der Waals surface area contributed by atoms with Crippen LogP contribution in [0.3, 0.4) is 0 Å². The van der Waals surface area contributed by atoms with Crippen LogP contribution < -0.4 is 16.4 Å². The number of hydrogen-bond donors (Lipinski definition) is 2. The summed E-state index contributed by atoms with van der Waals surface area (Å²) in [6.45, 7) is 8.83. The third kappa shape index (κ3) is 4.63. The Balaban J connectivity index is 2.03. The SMILES string of the molecule is Cc1csc2nc(C(C)NNC(=O)OC(C)(C)C)c(-c3cccc(F)c3)c(=O)n12. The number of ether oxygens (including phenoxy) is 1. The van der Waals surface area contributed by atoms with Crippen molar-refractivity contribution in [3.63, 3.8) is 0 Å². The zero-order valence-electron chi connectivity index (χ0n) is 16.9. The molecule has 1 aromatic carbocycles. The first-order valence-electron chi connectivity index (χ1n) is 9.08.